The molecular weight excluding hydrogens is 316 g/mol. The van der Waals surface area contributed by atoms with Crippen molar-refractivity contribution in [1.29, 1.82) is 0 Å². The van der Waals surface area contributed by atoms with E-state index in [-0.39, 0.29) is 5.91 Å². The number of carbonyl (C=O) groups is 1. The van der Waals surface area contributed by atoms with Crippen molar-refractivity contribution in [3.8, 4) is 11.6 Å². The van der Waals surface area contributed by atoms with Gasteiger partial charge in [-0.05, 0) is 37.1 Å². The highest BCUT2D eigenvalue weighted by atomic mass is 16.5. The Labute approximate surface area is 147 Å². The van der Waals surface area contributed by atoms with Crippen molar-refractivity contribution in [2.24, 2.45) is 7.05 Å². The molecule has 0 fully saturated rings. The molecule has 1 amide bonds. The molecule has 3 aromatic rings. The largest absolute Gasteiger partial charge is 0.496 e. The molecule has 6 nitrogen and oxygen atoms in total. The van der Waals surface area contributed by atoms with E-state index < -0.39 is 0 Å². The maximum atomic E-state index is 12.6. The summed E-state index contributed by atoms with van der Waals surface area (Å²) in [6.07, 6.45) is 6.09. The van der Waals surface area contributed by atoms with E-state index in [0.29, 0.717) is 18.5 Å². The third kappa shape index (κ3) is 3.57. The molecule has 0 unspecified atom stereocenters. The Morgan fingerprint density at radius 3 is 2.76 bits per heavy atom. The molecule has 1 aromatic carbocycles. The Morgan fingerprint density at radius 2 is 2.04 bits per heavy atom. The Bertz CT molecular complexity index is 866. The minimum Gasteiger partial charge on any atom is -0.496 e. The predicted molar refractivity (Wildman–Crippen MR) is 96.3 cm³/mol. The van der Waals surface area contributed by atoms with Crippen LogP contribution in [0.5, 0.6) is 5.75 Å². The maximum absolute atomic E-state index is 12.6. The Morgan fingerprint density at radius 1 is 1.28 bits per heavy atom. The molecule has 0 saturated carbocycles. The highest BCUT2D eigenvalue weighted by Gasteiger charge is 2.17. The van der Waals surface area contributed by atoms with Crippen molar-refractivity contribution in [2.75, 3.05) is 13.7 Å². The van der Waals surface area contributed by atoms with Crippen LogP contribution in [0.3, 0.4) is 0 Å². The molecule has 0 radical (unpaired) electrons. The normalized spacial score (nSPS) is 10.7. The summed E-state index contributed by atoms with van der Waals surface area (Å²) >= 11 is 0. The zero-order valence-electron chi connectivity index (χ0n) is 14.7. The molecule has 2 heterocycles. The van der Waals surface area contributed by atoms with E-state index in [9.17, 15) is 4.79 Å². The van der Waals surface area contributed by atoms with Gasteiger partial charge in [-0.3, -0.25) is 9.48 Å². The average Bonchev–Trinajstić information content (AvgIpc) is 3.24. The summed E-state index contributed by atoms with van der Waals surface area (Å²) in [4.78, 5) is 12.6. The summed E-state index contributed by atoms with van der Waals surface area (Å²) in [5, 5.41) is 7.19. The number of hydrogen-bond donors (Lipinski definition) is 1. The van der Waals surface area contributed by atoms with E-state index in [2.05, 4.69) is 16.5 Å². The van der Waals surface area contributed by atoms with Gasteiger partial charge in [-0.1, -0.05) is 17.7 Å². The van der Waals surface area contributed by atoms with Crippen LogP contribution in [-0.2, 0) is 13.5 Å². The number of nitrogens with one attached hydrogen (secondary N) is 1. The van der Waals surface area contributed by atoms with Crippen LogP contribution in [0.2, 0.25) is 0 Å². The molecule has 0 spiro atoms. The number of benzene rings is 1. The van der Waals surface area contributed by atoms with Gasteiger partial charge in [-0.25, -0.2) is 0 Å². The molecule has 6 heteroatoms. The number of aromatic nitrogens is 3. The Balaban J connectivity index is 1.69. The fourth-order valence-corrected chi connectivity index (χ4v) is 2.88. The molecule has 25 heavy (non-hydrogen) atoms. The number of amides is 1. The standard InChI is InChI=1S/C19H22N4O2/c1-14-6-7-17(25-3)15(12-14)8-9-20-18(24)16-13-21-22(2)19(16)23-10-4-5-11-23/h4-7,10-13H,8-9H2,1-3H3,(H,20,24). The van der Waals surface area contributed by atoms with Crippen LogP contribution in [0, 0.1) is 6.92 Å². The van der Waals surface area contributed by atoms with E-state index in [1.54, 1.807) is 18.0 Å². The summed E-state index contributed by atoms with van der Waals surface area (Å²) < 4.78 is 8.96. The van der Waals surface area contributed by atoms with Crippen molar-refractivity contribution in [1.82, 2.24) is 19.7 Å². The molecule has 0 aliphatic heterocycles. The highest BCUT2D eigenvalue weighted by molar-refractivity contribution is 5.97. The number of hydrogen-bond acceptors (Lipinski definition) is 3. The van der Waals surface area contributed by atoms with E-state index in [1.807, 2.05) is 55.2 Å². The minimum atomic E-state index is -0.136. The first-order chi connectivity index (χ1) is 12.1. The lowest BCUT2D eigenvalue weighted by molar-refractivity contribution is 0.0954. The van der Waals surface area contributed by atoms with Crippen molar-refractivity contribution in [2.45, 2.75) is 13.3 Å². The lowest BCUT2D eigenvalue weighted by Gasteiger charge is -2.11. The van der Waals surface area contributed by atoms with Crippen molar-refractivity contribution >= 4 is 5.91 Å². The van der Waals surface area contributed by atoms with Gasteiger partial charge in [0, 0.05) is 26.0 Å². The molecule has 130 valence electrons. The van der Waals surface area contributed by atoms with Crippen molar-refractivity contribution in [3.05, 3.63) is 65.6 Å². The lowest BCUT2D eigenvalue weighted by atomic mass is 10.1. The summed E-state index contributed by atoms with van der Waals surface area (Å²) in [6, 6.07) is 9.88. The monoisotopic (exact) mass is 338 g/mol. The summed E-state index contributed by atoms with van der Waals surface area (Å²) in [6.45, 7) is 2.57. The van der Waals surface area contributed by atoms with E-state index in [0.717, 1.165) is 17.1 Å². The molecule has 0 atom stereocenters. The fourth-order valence-electron chi connectivity index (χ4n) is 2.88. The number of methoxy groups -OCH3 is 1. The van der Waals surface area contributed by atoms with Crippen LogP contribution in [0.25, 0.3) is 5.82 Å². The molecule has 3 rings (SSSR count). The smallest absolute Gasteiger partial charge is 0.256 e. The van der Waals surface area contributed by atoms with Crippen LogP contribution in [0.15, 0.2) is 48.9 Å². The second-order valence-electron chi connectivity index (χ2n) is 5.92. The predicted octanol–water partition coefficient (Wildman–Crippen LogP) is 2.50. The van der Waals surface area contributed by atoms with Gasteiger partial charge in [0.15, 0.2) is 0 Å². The third-order valence-electron chi connectivity index (χ3n) is 4.12. The zero-order chi connectivity index (χ0) is 17.8. The molecular formula is C19H22N4O2. The summed E-state index contributed by atoms with van der Waals surface area (Å²) in [5.41, 5.74) is 2.80. The first-order valence-electron chi connectivity index (χ1n) is 8.17. The average molecular weight is 338 g/mol. The SMILES string of the molecule is COc1ccc(C)cc1CCNC(=O)c1cnn(C)c1-n1cccc1. The van der Waals surface area contributed by atoms with Gasteiger partial charge in [0.2, 0.25) is 0 Å². The second-order valence-corrected chi connectivity index (χ2v) is 5.92. The van der Waals surface area contributed by atoms with E-state index >= 15 is 0 Å². The van der Waals surface area contributed by atoms with Crippen molar-refractivity contribution in [3.63, 3.8) is 0 Å². The topological polar surface area (TPSA) is 61.1 Å². The van der Waals surface area contributed by atoms with Crippen LogP contribution < -0.4 is 10.1 Å². The number of ether oxygens (including phenoxy) is 1. The first-order valence-corrected chi connectivity index (χ1v) is 8.17. The molecule has 0 aliphatic rings. The number of carbonyl (C=O) groups excluding carboxylic acids is 1. The summed E-state index contributed by atoms with van der Waals surface area (Å²) in [7, 11) is 3.48. The van der Waals surface area contributed by atoms with Gasteiger partial charge in [-0.15, -0.1) is 0 Å². The fraction of sp³-hybridized carbons (Fsp3) is 0.263. The molecule has 0 saturated heterocycles. The van der Waals surface area contributed by atoms with Crippen LogP contribution >= 0.6 is 0 Å². The van der Waals surface area contributed by atoms with Gasteiger partial charge >= 0.3 is 0 Å². The first kappa shape index (κ1) is 16.8. The molecule has 2 aromatic heterocycles. The van der Waals surface area contributed by atoms with E-state index in [4.69, 9.17) is 4.74 Å². The zero-order valence-corrected chi connectivity index (χ0v) is 14.7. The van der Waals surface area contributed by atoms with Crippen LogP contribution in [0.1, 0.15) is 21.5 Å². The molecule has 1 N–H and O–H groups in total. The molecule has 0 bridgehead atoms. The lowest BCUT2D eigenvalue weighted by Crippen LogP contribution is -2.26. The van der Waals surface area contributed by atoms with Gasteiger partial charge in [-0.2, -0.15) is 5.10 Å². The van der Waals surface area contributed by atoms with Crippen LogP contribution in [0.4, 0.5) is 0 Å². The van der Waals surface area contributed by atoms with E-state index in [1.165, 1.54) is 5.56 Å². The van der Waals surface area contributed by atoms with Crippen molar-refractivity contribution < 1.29 is 9.53 Å². The number of aryl methyl sites for hydroxylation is 2. The Hall–Kier alpha value is -3.02. The second kappa shape index (κ2) is 7.25. The van der Waals surface area contributed by atoms with Gasteiger partial charge in [0.05, 0.1) is 13.3 Å². The van der Waals surface area contributed by atoms with Crippen LogP contribution in [-0.4, -0.2) is 33.9 Å². The van der Waals surface area contributed by atoms with Gasteiger partial charge in [0.25, 0.3) is 5.91 Å². The minimum absolute atomic E-state index is 0.136. The molecule has 0 aliphatic carbocycles. The van der Waals surface area contributed by atoms with Gasteiger partial charge in [0.1, 0.15) is 17.1 Å². The van der Waals surface area contributed by atoms with Gasteiger partial charge < -0.3 is 14.6 Å². The maximum Gasteiger partial charge on any atom is 0.256 e. The highest BCUT2D eigenvalue weighted by Crippen LogP contribution is 2.20. The number of rotatable bonds is 6. The summed E-state index contributed by atoms with van der Waals surface area (Å²) in [5.74, 6) is 1.45. The quantitative estimate of drug-likeness (QED) is 0.751. The third-order valence-corrected chi connectivity index (χ3v) is 4.12. The Kier molecular flexibility index (Phi) is 4.88. The number of nitrogens with zero attached hydrogens (tertiary/aromatic N) is 3.